The minimum absolute atomic E-state index is 0.311. The van der Waals surface area contributed by atoms with Gasteiger partial charge in [-0.3, -0.25) is 14.4 Å². The highest BCUT2D eigenvalue weighted by atomic mass is 79.9. The zero-order valence-electron chi connectivity index (χ0n) is 15.1. The molecule has 0 heterocycles. The maximum absolute atomic E-state index is 12.3. The van der Waals surface area contributed by atoms with E-state index < -0.39 is 12.1 Å². The van der Waals surface area contributed by atoms with E-state index in [9.17, 15) is 14.4 Å². The van der Waals surface area contributed by atoms with Crippen molar-refractivity contribution in [1.82, 2.24) is 10.2 Å². The Bertz CT molecular complexity index is 793. The van der Waals surface area contributed by atoms with Crippen LogP contribution >= 0.6 is 15.9 Å². The largest absolute Gasteiger partial charge is 0.451 e. The number of rotatable bonds is 7. The lowest BCUT2D eigenvalue weighted by molar-refractivity contribution is -0.157. The molecule has 2 amide bonds. The maximum Gasteiger partial charge on any atom is 0.326 e. The highest BCUT2D eigenvalue weighted by Crippen LogP contribution is 2.10. The van der Waals surface area contributed by atoms with E-state index in [1.807, 2.05) is 30.3 Å². The molecular weight excluding hydrogens is 412 g/mol. The summed E-state index contributed by atoms with van der Waals surface area (Å²) in [4.78, 5) is 37.7. The lowest BCUT2D eigenvalue weighted by Gasteiger charge is -2.21. The Morgan fingerprint density at radius 3 is 2.33 bits per heavy atom. The van der Waals surface area contributed by atoms with Gasteiger partial charge in [0.2, 0.25) is 0 Å². The molecule has 0 spiro atoms. The molecule has 0 aliphatic rings. The van der Waals surface area contributed by atoms with Crippen molar-refractivity contribution in [3.05, 3.63) is 70.2 Å². The number of hydrogen-bond acceptors (Lipinski definition) is 4. The summed E-state index contributed by atoms with van der Waals surface area (Å²) in [6, 6.07) is 16.3. The number of nitrogens with one attached hydrogen (secondary N) is 1. The lowest BCUT2D eigenvalue weighted by atomic mass is 10.2. The number of halogens is 1. The van der Waals surface area contributed by atoms with Crippen LogP contribution < -0.4 is 5.32 Å². The summed E-state index contributed by atoms with van der Waals surface area (Å²) in [5, 5.41) is 2.48. The standard InChI is InChI=1S/C20H21BrN2O4/c1-14(20(26)23(2)13-15-6-4-3-5-7-15)27-18(24)12-22-19(25)16-8-10-17(21)11-9-16/h3-11,14H,12-13H2,1-2H3,(H,22,25). The monoisotopic (exact) mass is 432 g/mol. The summed E-state index contributed by atoms with van der Waals surface area (Å²) >= 11 is 3.29. The first-order chi connectivity index (χ1) is 12.9. The van der Waals surface area contributed by atoms with Crippen molar-refractivity contribution < 1.29 is 19.1 Å². The van der Waals surface area contributed by atoms with Crippen LogP contribution in [-0.4, -0.2) is 42.4 Å². The SMILES string of the molecule is CC(OC(=O)CNC(=O)c1ccc(Br)cc1)C(=O)N(C)Cc1ccccc1. The van der Waals surface area contributed by atoms with Crippen LogP contribution in [0.3, 0.4) is 0 Å². The summed E-state index contributed by atoms with van der Waals surface area (Å²) in [7, 11) is 1.65. The second-order valence-electron chi connectivity index (χ2n) is 6.00. The number of nitrogens with zero attached hydrogens (tertiary/aromatic N) is 1. The highest BCUT2D eigenvalue weighted by molar-refractivity contribution is 9.10. The van der Waals surface area contributed by atoms with Gasteiger partial charge in [0.1, 0.15) is 6.54 Å². The van der Waals surface area contributed by atoms with Crippen molar-refractivity contribution >= 4 is 33.7 Å². The molecule has 0 fully saturated rings. The van der Waals surface area contributed by atoms with E-state index in [4.69, 9.17) is 4.74 Å². The van der Waals surface area contributed by atoms with Crippen molar-refractivity contribution in [1.29, 1.82) is 0 Å². The van der Waals surface area contributed by atoms with Gasteiger partial charge in [0.15, 0.2) is 6.10 Å². The van der Waals surface area contributed by atoms with Gasteiger partial charge in [-0.25, -0.2) is 0 Å². The second-order valence-corrected chi connectivity index (χ2v) is 6.92. The van der Waals surface area contributed by atoms with Crippen LogP contribution in [0.4, 0.5) is 0 Å². The number of esters is 1. The van der Waals surface area contributed by atoms with Crippen LogP contribution in [0.5, 0.6) is 0 Å². The van der Waals surface area contributed by atoms with E-state index in [0.717, 1.165) is 10.0 Å². The number of carbonyl (C=O) groups excluding carboxylic acids is 3. The van der Waals surface area contributed by atoms with Crippen molar-refractivity contribution in [3.8, 4) is 0 Å². The number of likely N-dealkylation sites (N-methyl/N-ethyl adjacent to an activating group) is 1. The summed E-state index contributed by atoms with van der Waals surface area (Å²) in [5.74, 6) is -1.37. The Morgan fingerprint density at radius 2 is 1.70 bits per heavy atom. The number of benzene rings is 2. The number of hydrogen-bond donors (Lipinski definition) is 1. The average molecular weight is 433 g/mol. The van der Waals surface area contributed by atoms with Crippen molar-refractivity contribution in [2.45, 2.75) is 19.6 Å². The van der Waals surface area contributed by atoms with E-state index in [-0.39, 0.29) is 18.4 Å². The fraction of sp³-hybridized carbons (Fsp3) is 0.250. The van der Waals surface area contributed by atoms with E-state index in [0.29, 0.717) is 12.1 Å². The molecule has 6 nitrogen and oxygen atoms in total. The fourth-order valence-electron chi connectivity index (χ4n) is 2.39. The molecule has 1 unspecified atom stereocenters. The molecule has 0 radical (unpaired) electrons. The third kappa shape index (κ3) is 6.53. The summed E-state index contributed by atoms with van der Waals surface area (Å²) in [5.41, 5.74) is 1.41. The second kappa shape index (κ2) is 9.87. The first kappa shape index (κ1) is 20.6. The molecule has 0 aliphatic heterocycles. The van der Waals surface area contributed by atoms with Gasteiger partial charge in [0.25, 0.3) is 11.8 Å². The minimum Gasteiger partial charge on any atom is -0.451 e. The van der Waals surface area contributed by atoms with Gasteiger partial charge in [-0.15, -0.1) is 0 Å². The van der Waals surface area contributed by atoms with Gasteiger partial charge in [-0.05, 0) is 36.8 Å². The molecule has 0 saturated heterocycles. The van der Waals surface area contributed by atoms with E-state index in [1.165, 1.54) is 11.8 Å². The molecule has 7 heteroatoms. The van der Waals surface area contributed by atoms with E-state index in [2.05, 4.69) is 21.2 Å². The van der Waals surface area contributed by atoms with Crippen LogP contribution in [-0.2, 0) is 20.9 Å². The molecule has 0 bridgehead atoms. The van der Waals surface area contributed by atoms with E-state index in [1.54, 1.807) is 31.3 Å². The first-order valence-corrected chi connectivity index (χ1v) is 9.18. The van der Waals surface area contributed by atoms with Crippen molar-refractivity contribution in [2.75, 3.05) is 13.6 Å². The molecule has 0 aromatic heterocycles. The lowest BCUT2D eigenvalue weighted by Crippen LogP contribution is -2.39. The topological polar surface area (TPSA) is 75.7 Å². The number of ether oxygens (including phenoxy) is 1. The van der Waals surface area contributed by atoms with E-state index >= 15 is 0 Å². The molecule has 1 N–H and O–H groups in total. The smallest absolute Gasteiger partial charge is 0.326 e. The number of amides is 2. The third-order valence-electron chi connectivity index (χ3n) is 3.79. The molecule has 2 aromatic carbocycles. The van der Waals surface area contributed by atoms with Crippen molar-refractivity contribution in [3.63, 3.8) is 0 Å². The fourth-order valence-corrected chi connectivity index (χ4v) is 2.65. The van der Waals surface area contributed by atoms with Crippen LogP contribution in [0, 0.1) is 0 Å². The number of carbonyl (C=O) groups is 3. The van der Waals surface area contributed by atoms with Gasteiger partial charge in [0.05, 0.1) is 0 Å². The molecule has 142 valence electrons. The van der Waals surface area contributed by atoms with Gasteiger partial charge >= 0.3 is 5.97 Å². The van der Waals surface area contributed by atoms with Gasteiger partial charge in [-0.2, -0.15) is 0 Å². The Morgan fingerprint density at radius 1 is 1.07 bits per heavy atom. The minimum atomic E-state index is -0.934. The average Bonchev–Trinajstić information content (AvgIpc) is 2.66. The Kier molecular flexibility index (Phi) is 7.55. The summed E-state index contributed by atoms with van der Waals surface area (Å²) in [6.45, 7) is 1.62. The predicted octanol–water partition coefficient (Wildman–Crippen LogP) is 2.77. The zero-order chi connectivity index (χ0) is 19.8. The molecular formula is C20H21BrN2O4. The molecule has 27 heavy (non-hydrogen) atoms. The van der Waals surface area contributed by atoms with Gasteiger partial charge in [0, 0.05) is 23.6 Å². The Balaban J connectivity index is 1.79. The highest BCUT2D eigenvalue weighted by Gasteiger charge is 2.21. The third-order valence-corrected chi connectivity index (χ3v) is 4.32. The molecule has 0 aliphatic carbocycles. The molecule has 1 atom stereocenters. The first-order valence-electron chi connectivity index (χ1n) is 8.39. The van der Waals surface area contributed by atoms with Crippen LogP contribution in [0.25, 0.3) is 0 Å². The Labute approximate surface area is 166 Å². The van der Waals surface area contributed by atoms with Gasteiger partial charge in [-0.1, -0.05) is 46.3 Å². The normalized spacial score (nSPS) is 11.4. The van der Waals surface area contributed by atoms with Gasteiger partial charge < -0.3 is 15.0 Å². The van der Waals surface area contributed by atoms with Crippen LogP contribution in [0.2, 0.25) is 0 Å². The molecule has 2 rings (SSSR count). The van der Waals surface area contributed by atoms with Crippen molar-refractivity contribution in [2.24, 2.45) is 0 Å². The zero-order valence-corrected chi connectivity index (χ0v) is 16.7. The predicted molar refractivity (Wildman–Crippen MR) is 105 cm³/mol. The van der Waals surface area contributed by atoms with Crippen LogP contribution in [0.15, 0.2) is 59.1 Å². The molecule has 2 aromatic rings. The summed E-state index contributed by atoms with van der Waals surface area (Å²) < 4.78 is 5.98. The molecule has 0 saturated carbocycles. The maximum atomic E-state index is 12.3. The van der Waals surface area contributed by atoms with Crippen LogP contribution in [0.1, 0.15) is 22.8 Å². The Hall–Kier alpha value is -2.67. The quantitative estimate of drug-likeness (QED) is 0.682. The summed E-state index contributed by atoms with van der Waals surface area (Å²) in [6.07, 6.45) is -0.934.